The van der Waals surface area contributed by atoms with Gasteiger partial charge < -0.3 is 15.4 Å². The molecule has 1 fully saturated rings. The van der Waals surface area contributed by atoms with E-state index in [1.807, 2.05) is 26.0 Å². The molecule has 164 valence electrons. The summed E-state index contributed by atoms with van der Waals surface area (Å²) in [5.74, 6) is 0.400. The van der Waals surface area contributed by atoms with Crippen molar-refractivity contribution in [2.75, 3.05) is 5.32 Å². The molecule has 1 aromatic carbocycles. The zero-order valence-electron chi connectivity index (χ0n) is 18.8. The number of carbonyl (C=O) groups is 1. The normalized spacial score (nSPS) is 21.0. The van der Waals surface area contributed by atoms with Crippen molar-refractivity contribution in [2.24, 2.45) is 10.8 Å². The van der Waals surface area contributed by atoms with E-state index in [1.165, 1.54) is 0 Å². The van der Waals surface area contributed by atoms with Crippen LogP contribution in [0.3, 0.4) is 0 Å². The first-order valence-corrected chi connectivity index (χ1v) is 10.7. The Balaban J connectivity index is 1.71. The molecule has 1 aliphatic carbocycles. The van der Waals surface area contributed by atoms with Gasteiger partial charge >= 0.3 is 0 Å². The molecular weight excluding hydrogens is 412 g/mol. The minimum absolute atomic E-state index is 0.110. The van der Waals surface area contributed by atoms with Gasteiger partial charge in [-0.3, -0.25) is 4.79 Å². The summed E-state index contributed by atoms with van der Waals surface area (Å²) in [6, 6.07) is 10.9. The van der Waals surface area contributed by atoms with Crippen LogP contribution in [0.2, 0.25) is 5.02 Å². The summed E-state index contributed by atoms with van der Waals surface area (Å²) in [7, 11) is 0. The summed E-state index contributed by atoms with van der Waals surface area (Å²) in [5, 5.41) is 15.8. The van der Waals surface area contributed by atoms with Crippen LogP contribution in [0.15, 0.2) is 36.5 Å². The Hall–Kier alpha value is -2.78. The van der Waals surface area contributed by atoms with E-state index in [1.54, 1.807) is 30.5 Å². The van der Waals surface area contributed by atoms with E-state index in [4.69, 9.17) is 21.6 Å². The highest BCUT2D eigenvalue weighted by atomic mass is 35.5. The molecule has 31 heavy (non-hydrogen) atoms. The van der Waals surface area contributed by atoms with Gasteiger partial charge in [-0.1, -0.05) is 39.3 Å². The van der Waals surface area contributed by atoms with Gasteiger partial charge in [0.2, 0.25) is 0 Å². The quantitative estimate of drug-likeness (QED) is 0.657. The highest BCUT2D eigenvalue weighted by molar-refractivity contribution is 6.31. The summed E-state index contributed by atoms with van der Waals surface area (Å²) < 4.78 is 6.26. The molecule has 1 saturated carbocycles. The van der Waals surface area contributed by atoms with Crippen molar-refractivity contribution in [3.8, 4) is 11.8 Å². The minimum Gasteiger partial charge on any atom is -0.489 e. The number of rotatable bonds is 6. The molecule has 7 heteroatoms. The SMILES string of the molecule is CC(C)Nc1ccc(C(=O)NC2C(C)(C)C(Oc3ccc(C#N)c(Cl)c3)C2(C)C)nc1. The van der Waals surface area contributed by atoms with Crippen molar-refractivity contribution < 1.29 is 9.53 Å². The number of pyridine rings is 1. The van der Waals surface area contributed by atoms with Crippen LogP contribution >= 0.6 is 11.6 Å². The predicted octanol–water partition coefficient (Wildman–Crippen LogP) is 5.04. The Kier molecular flexibility index (Phi) is 6.20. The summed E-state index contributed by atoms with van der Waals surface area (Å²) in [6.07, 6.45) is 1.52. The van der Waals surface area contributed by atoms with Crippen molar-refractivity contribution in [1.29, 1.82) is 5.26 Å². The third kappa shape index (κ3) is 4.47. The number of nitrogens with one attached hydrogen (secondary N) is 2. The lowest BCUT2D eigenvalue weighted by atomic mass is 9.49. The van der Waals surface area contributed by atoms with E-state index in [9.17, 15) is 4.79 Å². The number of anilines is 1. The first-order chi connectivity index (χ1) is 14.5. The van der Waals surface area contributed by atoms with Gasteiger partial charge in [-0.25, -0.2) is 4.98 Å². The molecule has 1 aliphatic rings. The molecule has 0 unspecified atom stereocenters. The summed E-state index contributed by atoms with van der Waals surface area (Å²) in [6.45, 7) is 12.4. The van der Waals surface area contributed by atoms with E-state index in [0.717, 1.165) is 5.69 Å². The van der Waals surface area contributed by atoms with Crippen molar-refractivity contribution >= 4 is 23.2 Å². The third-order valence-corrected chi connectivity index (χ3v) is 6.19. The average molecular weight is 441 g/mol. The van der Waals surface area contributed by atoms with Crippen LogP contribution in [0.5, 0.6) is 5.75 Å². The number of ether oxygens (including phenoxy) is 1. The maximum Gasteiger partial charge on any atom is 0.270 e. The molecule has 1 amide bonds. The number of amides is 1. The smallest absolute Gasteiger partial charge is 0.270 e. The molecule has 0 saturated heterocycles. The van der Waals surface area contributed by atoms with Gasteiger partial charge in [-0.15, -0.1) is 0 Å². The lowest BCUT2D eigenvalue weighted by Gasteiger charge is -2.63. The fourth-order valence-electron chi connectivity index (χ4n) is 4.75. The maximum atomic E-state index is 12.9. The third-order valence-electron chi connectivity index (χ3n) is 5.88. The molecule has 0 bridgehead atoms. The summed E-state index contributed by atoms with van der Waals surface area (Å²) in [5.41, 5.74) is 1.03. The van der Waals surface area contributed by atoms with Gasteiger partial charge in [-0.2, -0.15) is 5.26 Å². The van der Waals surface area contributed by atoms with Crippen molar-refractivity contribution in [3.05, 3.63) is 52.8 Å². The van der Waals surface area contributed by atoms with Crippen LogP contribution < -0.4 is 15.4 Å². The van der Waals surface area contributed by atoms with Crippen LogP contribution in [0.1, 0.15) is 57.6 Å². The molecule has 0 radical (unpaired) electrons. The van der Waals surface area contributed by atoms with Crippen molar-refractivity contribution in [3.63, 3.8) is 0 Å². The molecule has 1 heterocycles. The average Bonchev–Trinajstić information content (AvgIpc) is 2.70. The largest absolute Gasteiger partial charge is 0.489 e. The summed E-state index contributed by atoms with van der Waals surface area (Å²) in [4.78, 5) is 17.2. The van der Waals surface area contributed by atoms with E-state index in [0.29, 0.717) is 28.1 Å². The van der Waals surface area contributed by atoms with Gasteiger partial charge in [0, 0.05) is 29.0 Å². The van der Waals surface area contributed by atoms with Gasteiger partial charge in [0.1, 0.15) is 23.6 Å². The fourth-order valence-corrected chi connectivity index (χ4v) is 4.96. The lowest BCUT2D eigenvalue weighted by molar-refractivity contribution is -0.164. The number of benzene rings is 1. The molecule has 1 aromatic heterocycles. The summed E-state index contributed by atoms with van der Waals surface area (Å²) >= 11 is 6.15. The van der Waals surface area contributed by atoms with Crippen molar-refractivity contribution in [2.45, 2.75) is 59.7 Å². The standard InChI is InChI=1S/C24H29ClN4O2/c1-14(2)28-16-8-10-19(27-13-16)20(30)29-21-23(3,4)22(24(21,5)6)31-17-9-7-15(12-26)18(25)11-17/h7-11,13-14,21-22,28H,1-6H3,(H,29,30). The van der Waals surface area contributed by atoms with Gasteiger partial charge in [-0.05, 0) is 38.1 Å². The Bertz CT molecular complexity index is 993. The molecule has 2 N–H and O–H groups in total. The van der Waals surface area contributed by atoms with E-state index in [2.05, 4.69) is 43.3 Å². The van der Waals surface area contributed by atoms with Crippen LogP contribution in [0.4, 0.5) is 5.69 Å². The number of aromatic nitrogens is 1. The maximum absolute atomic E-state index is 12.9. The van der Waals surface area contributed by atoms with Gasteiger partial charge in [0.05, 0.1) is 22.5 Å². The van der Waals surface area contributed by atoms with E-state index < -0.39 is 0 Å². The number of carbonyl (C=O) groups excluding carboxylic acids is 1. The van der Waals surface area contributed by atoms with Crippen LogP contribution in [-0.2, 0) is 0 Å². The first kappa shape index (κ1) is 22.9. The second-order valence-corrected chi connectivity index (χ2v) is 9.94. The highest BCUT2D eigenvalue weighted by Crippen LogP contribution is 2.55. The zero-order valence-corrected chi connectivity index (χ0v) is 19.5. The molecule has 6 nitrogen and oxygen atoms in total. The lowest BCUT2D eigenvalue weighted by Crippen LogP contribution is -2.74. The topological polar surface area (TPSA) is 87.0 Å². The van der Waals surface area contributed by atoms with Gasteiger partial charge in [0.15, 0.2) is 0 Å². The van der Waals surface area contributed by atoms with Crippen LogP contribution in [0.25, 0.3) is 0 Å². The van der Waals surface area contributed by atoms with Crippen LogP contribution in [0, 0.1) is 22.2 Å². The number of nitrogens with zero attached hydrogens (tertiary/aromatic N) is 2. The Labute approximate surface area is 189 Å². The monoisotopic (exact) mass is 440 g/mol. The predicted molar refractivity (Wildman–Crippen MR) is 122 cm³/mol. The Morgan fingerprint density at radius 1 is 1.19 bits per heavy atom. The first-order valence-electron chi connectivity index (χ1n) is 10.4. The number of nitriles is 1. The minimum atomic E-state index is -0.321. The fraction of sp³-hybridized carbons (Fsp3) is 0.458. The second-order valence-electron chi connectivity index (χ2n) is 9.53. The Morgan fingerprint density at radius 3 is 2.39 bits per heavy atom. The van der Waals surface area contributed by atoms with E-state index in [-0.39, 0.29) is 28.9 Å². The molecular formula is C24H29ClN4O2. The van der Waals surface area contributed by atoms with Crippen LogP contribution in [-0.4, -0.2) is 29.1 Å². The zero-order chi connectivity index (χ0) is 23.0. The number of halogens is 1. The number of hydrogen-bond donors (Lipinski definition) is 2. The Morgan fingerprint density at radius 2 is 1.87 bits per heavy atom. The molecule has 0 spiro atoms. The second kappa shape index (κ2) is 8.39. The molecule has 0 atom stereocenters. The number of hydrogen-bond acceptors (Lipinski definition) is 5. The highest BCUT2D eigenvalue weighted by Gasteiger charge is 2.64. The molecule has 3 rings (SSSR count). The van der Waals surface area contributed by atoms with E-state index >= 15 is 0 Å². The molecule has 0 aliphatic heterocycles. The van der Waals surface area contributed by atoms with Crippen molar-refractivity contribution in [1.82, 2.24) is 10.3 Å². The van der Waals surface area contributed by atoms with Gasteiger partial charge in [0.25, 0.3) is 5.91 Å². The molecule has 2 aromatic rings.